The molecule has 4 rings (SSSR count). The van der Waals surface area contributed by atoms with Gasteiger partial charge >= 0.3 is 0 Å². The Morgan fingerprint density at radius 2 is 2.03 bits per heavy atom. The number of amides is 2. The fraction of sp³-hybridized carbons (Fsp3) is 0.429. The maximum absolute atomic E-state index is 12.7. The summed E-state index contributed by atoms with van der Waals surface area (Å²) in [6.45, 7) is 2.21. The van der Waals surface area contributed by atoms with Gasteiger partial charge in [-0.2, -0.15) is 0 Å². The average Bonchev–Trinajstić information content (AvgIpc) is 3.31. The second-order valence-corrected chi connectivity index (χ2v) is 9.86. The van der Waals surface area contributed by atoms with Gasteiger partial charge in [-0.05, 0) is 62.1 Å². The third-order valence-electron chi connectivity index (χ3n) is 5.43. The fourth-order valence-electron chi connectivity index (χ4n) is 3.70. The molecule has 1 saturated carbocycles. The molecule has 2 amide bonds. The van der Waals surface area contributed by atoms with Crippen LogP contribution < -0.4 is 10.2 Å². The van der Waals surface area contributed by atoms with E-state index in [0.29, 0.717) is 12.2 Å². The maximum Gasteiger partial charge on any atom is 0.230 e. The van der Waals surface area contributed by atoms with Crippen molar-refractivity contribution in [1.82, 2.24) is 5.32 Å². The van der Waals surface area contributed by atoms with Gasteiger partial charge in [0.2, 0.25) is 11.8 Å². The van der Waals surface area contributed by atoms with Crippen molar-refractivity contribution in [2.75, 3.05) is 10.7 Å². The van der Waals surface area contributed by atoms with Gasteiger partial charge in [-0.1, -0.05) is 0 Å². The molecule has 1 atom stereocenters. The highest BCUT2D eigenvalue weighted by Crippen LogP contribution is 2.39. The van der Waals surface area contributed by atoms with Crippen molar-refractivity contribution in [2.45, 2.75) is 50.1 Å². The average molecular weight is 416 g/mol. The summed E-state index contributed by atoms with van der Waals surface area (Å²) in [6.07, 6.45) is 3.90. The van der Waals surface area contributed by atoms with Gasteiger partial charge in [0.15, 0.2) is 9.84 Å². The number of rotatable bonds is 7. The summed E-state index contributed by atoms with van der Waals surface area (Å²) in [5, 5.41) is 2.65. The molecule has 1 fully saturated rings. The van der Waals surface area contributed by atoms with E-state index >= 15 is 0 Å². The molecular formula is C21H24N2O5S. The minimum absolute atomic E-state index is 0.0310. The topological polar surface area (TPSA) is 96.7 Å². The molecule has 1 aliphatic carbocycles. The molecule has 29 heavy (non-hydrogen) atoms. The Kier molecular flexibility index (Phi) is 5.21. The van der Waals surface area contributed by atoms with Crippen LogP contribution in [0.1, 0.15) is 37.5 Å². The van der Waals surface area contributed by atoms with E-state index in [1.807, 2.05) is 11.8 Å². The number of anilines is 1. The van der Waals surface area contributed by atoms with E-state index in [4.69, 9.17) is 4.42 Å². The van der Waals surface area contributed by atoms with Crippen molar-refractivity contribution in [1.29, 1.82) is 0 Å². The lowest BCUT2D eigenvalue weighted by Crippen LogP contribution is -2.36. The van der Waals surface area contributed by atoms with Crippen molar-refractivity contribution < 1.29 is 22.4 Å². The molecule has 7 nitrogen and oxygen atoms in total. The number of carbonyl (C=O) groups is 2. The lowest BCUT2D eigenvalue weighted by atomic mass is 10.1. The first-order valence-electron chi connectivity index (χ1n) is 9.83. The number of hydrogen-bond donors (Lipinski definition) is 1. The van der Waals surface area contributed by atoms with Crippen LogP contribution in [-0.4, -0.2) is 32.0 Å². The van der Waals surface area contributed by atoms with E-state index in [1.165, 1.54) is 6.26 Å². The van der Waals surface area contributed by atoms with Gasteiger partial charge in [0.05, 0.1) is 23.5 Å². The zero-order valence-corrected chi connectivity index (χ0v) is 17.1. The van der Waals surface area contributed by atoms with Gasteiger partial charge in [-0.15, -0.1) is 0 Å². The molecule has 1 aromatic heterocycles. The molecule has 0 spiro atoms. The van der Waals surface area contributed by atoms with E-state index in [2.05, 4.69) is 5.32 Å². The van der Waals surface area contributed by atoms with Crippen molar-refractivity contribution in [2.24, 2.45) is 5.92 Å². The van der Waals surface area contributed by atoms with Gasteiger partial charge < -0.3 is 14.6 Å². The van der Waals surface area contributed by atoms with Crippen LogP contribution in [0.4, 0.5) is 5.69 Å². The smallest absolute Gasteiger partial charge is 0.230 e. The molecule has 1 unspecified atom stereocenters. The van der Waals surface area contributed by atoms with Crippen LogP contribution in [0.3, 0.4) is 0 Å². The number of hydrogen-bond acceptors (Lipinski definition) is 5. The third kappa shape index (κ3) is 4.22. The monoisotopic (exact) mass is 416 g/mol. The van der Waals surface area contributed by atoms with Gasteiger partial charge in [0.1, 0.15) is 5.76 Å². The van der Waals surface area contributed by atoms with Crippen LogP contribution in [0.5, 0.6) is 0 Å². The SMILES string of the molecule is CC1Cc2cc(S(=O)(=O)CCC(=O)NCc3ccco3)ccc2N1C(=O)C1CC1. The van der Waals surface area contributed by atoms with Crippen LogP contribution in [0.2, 0.25) is 0 Å². The minimum atomic E-state index is -3.60. The number of benzene rings is 1. The second kappa shape index (κ2) is 7.67. The van der Waals surface area contributed by atoms with E-state index < -0.39 is 9.84 Å². The van der Waals surface area contributed by atoms with Gasteiger partial charge in [-0.25, -0.2) is 8.42 Å². The van der Waals surface area contributed by atoms with Crippen LogP contribution in [0.25, 0.3) is 0 Å². The van der Waals surface area contributed by atoms with Crippen molar-refractivity contribution >= 4 is 27.3 Å². The van der Waals surface area contributed by atoms with Gasteiger partial charge in [0, 0.05) is 24.1 Å². The molecule has 0 radical (unpaired) electrons. The normalized spacial score (nSPS) is 18.5. The van der Waals surface area contributed by atoms with Crippen LogP contribution in [0.15, 0.2) is 45.9 Å². The Hall–Kier alpha value is -2.61. The number of nitrogens with zero attached hydrogens (tertiary/aromatic N) is 1. The molecule has 1 aliphatic heterocycles. The second-order valence-electron chi connectivity index (χ2n) is 7.75. The minimum Gasteiger partial charge on any atom is -0.467 e. The Labute approximate surface area is 170 Å². The largest absolute Gasteiger partial charge is 0.467 e. The molecule has 2 aromatic rings. The summed E-state index contributed by atoms with van der Waals surface area (Å²) in [6, 6.07) is 8.41. The summed E-state index contributed by atoms with van der Waals surface area (Å²) >= 11 is 0. The molecule has 0 saturated heterocycles. The highest BCUT2D eigenvalue weighted by molar-refractivity contribution is 7.91. The van der Waals surface area contributed by atoms with Gasteiger partial charge in [-0.3, -0.25) is 9.59 Å². The third-order valence-corrected chi connectivity index (χ3v) is 7.14. The predicted octanol–water partition coefficient (Wildman–Crippen LogP) is 2.45. The van der Waals surface area contributed by atoms with E-state index in [0.717, 1.165) is 24.1 Å². The summed E-state index contributed by atoms with van der Waals surface area (Å²) in [4.78, 5) is 26.5. The van der Waals surface area contributed by atoms with Crippen molar-refractivity contribution in [3.8, 4) is 0 Å². The quantitative estimate of drug-likeness (QED) is 0.748. The summed E-state index contributed by atoms with van der Waals surface area (Å²) < 4.78 is 30.5. The Balaban J connectivity index is 1.40. The Morgan fingerprint density at radius 3 is 2.72 bits per heavy atom. The molecule has 1 N–H and O–H groups in total. The van der Waals surface area contributed by atoms with E-state index in [-0.39, 0.29) is 47.4 Å². The fourth-order valence-corrected chi connectivity index (χ4v) is 4.98. The number of sulfone groups is 1. The molecule has 2 heterocycles. The lowest BCUT2D eigenvalue weighted by Gasteiger charge is -2.22. The first-order chi connectivity index (χ1) is 13.8. The van der Waals surface area contributed by atoms with E-state index in [1.54, 1.807) is 30.3 Å². The van der Waals surface area contributed by atoms with Crippen molar-refractivity contribution in [3.05, 3.63) is 47.9 Å². The highest BCUT2D eigenvalue weighted by Gasteiger charge is 2.39. The zero-order valence-electron chi connectivity index (χ0n) is 16.3. The Bertz CT molecular complexity index is 1030. The Morgan fingerprint density at radius 1 is 1.24 bits per heavy atom. The first kappa shape index (κ1) is 19.7. The zero-order chi connectivity index (χ0) is 20.6. The maximum atomic E-state index is 12.7. The van der Waals surface area contributed by atoms with Crippen LogP contribution in [-0.2, 0) is 32.4 Å². The lowest BCUT2D eigenvalue weighted by molar-refractivity contribution is -0.121. The van der Waals surface area contributed by atoms with Gasteiger partial charge in [0.25, 0.3) is 0 Å². The summed E-state index contributed by atoms with van der Waals surface area (Å²) in [5.74, 6) is 0.252. The molecule has 154 valence electrons. The first-order valence-corrected chi connectivity index (χ1v) is 11.5. The highest BCUT2D eigenvalue weighted by atomic mass is 32.2. The molecule has 1 aromatic carbocycles. The van der Waals surface area contributed by atoms with Crippen molar-refractivity contribution in [3.63, 3.8) is 0 Å². The predicted molar refractivity (Wildman–Crippen MR) is 107 cm³/mol. The molecule has 8 heteroatoms. The molecular weight excluding hydrogens is 392 g/mol. The van der Waals surface area contributed by atoms with Crippen LogP contribution >= 0.6 is 0 Å². The number of carbonyl (C=O) groups excluding carboxylic acids is 2. The van der Waals surface area contributed by atoms with Crippen LogP contribution in [0, 0.1) is 5.92 Å². The standard InChI is InChI=1S/C21H24N2O5S/c1-14-11-16-12-18(6-7-19(16)23(14)21(25)15-4-5-15)29(26,27)10-8-20(24)22-13-17-3-2-9-28-17/h2-3,6-7,9,12,14-15H,4-5,8,10-11,13H2,1H3,(H,22,24). The van der Waals surface area contributed by atoms with E-state index in [9.17, 15) is 18.0 Å². The number of nitrogens with one attached hydrogen (secondary N) is 1. The number of furan rings is 1. The summed E-state index contributed by atoms with van der Waals surface area (Å²) in [7, 11) is -3.60. The summed E-state index contributed by atoms with van der Waals surface area (Å²) in [5.41, 5.74) is 1.68. The molecule has 0 bridgehead atoms. The number of fused-ring (bicyclic) bond motifs is 1. The molecule has 2 aliphatic rings.